The summed E-state index contributed by atoms with van der Waals surface area (Å²) in [5.74, 6) is -2.06. The van der Waals surface area contributed by atoms with E-state index in [9.17, 15) is 28.3 Å². The van der Waals surface area contributed by atoms with Crippen LogP contribution in [0.15, 0.2) is 72.8 Å². The molecule has 228 valence electrons. The number of rotatable bonds is 11. The molecule has 8 nitrogen and oxygen atoms in total. The first-order valence-electron chi connectivity index (χ1n) is 14.1. The molecule has 4 atom stereocenters. The van der Waals surface area contributed by atoms with Crippen molar-refractivity contribution in [2.45, 2.75) is 64.3 Å². The summed E-state index contributed by atoms with van der Waals surface area (Å²) in [5.41, 5.74) is 1.22. The van der Waals surface area contributed by atoms with E-state index in [1.165, 1.54) is 55.5 Å². The Bertz CT molecular complexity index is 1420. The van der Waals surface area contributed by atoms with Gasteiger partial charge in [-0.25, -0.2) is 13.6 Å². The molecule has 0 aliphatic carbocycles. The third-order valence-corrected chi connectivity index (χ3v) is 7.05. The maximum atomic E-state index is 13.6. The summed E-state index contributed by atoms with van der Waals surface area (Å²) < 4.78 is 37.7. The monoisotopic (exact) mass is 594 g/mol. The number of nitrogens with one attached hydrogen (secondary N) is 1. The maximum Gasteiger partial charge on any atom is 0.328 e. The van der Waals surface area contributed by atoms with Crippen molar-refractivity contribution in [2.75, 3.05) is 11.5 Å². The Kier molecular flexibility index (Phi) is 9.80. The van der Waals surface area contributed by atoms with Crippen molar-refractivity contribution in [1.82, 2.24) is 5.32 Å². The molecule has 0 radical (unpaired) electrons. The fourth-order valence-corrected chi connectivity index (χ4v) is 4.93. The minimum Gasteiger partial charge on any atom is -0.484 e. The van der Waals surface area contributed by atoms with Gasteiger partial charge in [0, 0.05) is 5.69 Å². The molecular weight excluding hydrogens is 558 g/mol. The molecule has 10 heteroatoms. The third kappa shape index (κ3) is 8.16. The van der Waals surface area contributed by atoms with E-state index in [-0.39, 0.29) is 25.0 Å². The summed E-state index contributed by atoms with van der Waals surface area (Å²) in [4.78, 5) is 39.3. The quantitative estimate of drug-likeness (QED) is 0.227. The SMILES string of the molecule is C[C@H](NC(=O)COc1ccc(C2C(CCC(O)c3ccc(F)cc3)C(=O)N2c2ccc(F)cc2)cc1)C(=O)OC(C)(C)C. The summed E-state index contributed by atoms with van der Waals surface area (Å²) in [6.07, 6.45) is -0.212. The molecule has 1 aliphatic rings. The van der Waals surface area contributed by atoms with E-state index in [1.807, 2.05) is 0 Å². The summed E-state index contributed by atoms with van der Waals surface area (Å²) >= 11 is 0. The van der Waals surface area contributed by atoms with Crippen molar-refractivity contribution in [1.29, 1.82) is 0 Å². The number of esters is 1. The van der Waals surface area contributed by atoms with Gasteiger partial charge >= 0.3 is 5.97 Å². The number of halogens is 2. The second kappa shape index (κ2) is 13.3. The van der Waals surface area contributed by atoms with Gasteiger partial charge in [-0.2, -0.15) is 0 Å². The highest BCUT2D eigenvalue weighted by Crippen LogP contribution is 2.46. The largest absolute Gasteiger partial charge is 0.484 e. The molecule has 1 saturated heterocycles. The number of ether oxygens (including phenoxy) is 2. The van der Waals surface area contributed by atoms with Crippen molar-refractivity contribution < 1.29 is 37.7 Å². The van der Waals surface area contributed by atoms with E-state index < -0.39 is 47.2 Å². The number of carbonyl (C=O) groups is 3. The Labute approximate surface area is 249 Å². The fraction of sp³-hybridized carbons (Fsp3) is 0.364. The molecule has 1 aliphatic heterocycles. The number of aliphatic hydroxyl groups excluding tert-OH is 1. The van der Waals surface area contributed by atoms with Gasteiger partial charge in [0.05, 0.1) is 18.1 Å². The molecule has 3 aromatic rings. The minimum absolute atomic E-state index is 0.154. The summed E-state index contributed by atoms with van der Waals surface area (Å²) in [7, 11) is 0. The van der Waals surface area contributed by atoms with Crippen LogP contribution in [0.1, 0.15) is 63.8 Å². The highest BCUT2D eigenvalue weighted by atomic mass is 19.1. The molecule has 4 rings (SSSR count). The number of carbonyl (C=O) groups excluding carboxylic acids is 3. The highest BCUT2D eigenvalue weighted by molar-refractivity contribution is 6.03. The van der Waals surface area contributed by atoms with Crippen molar-refractivity contribution in [3.63, 3.8) is 0 Å². The van der Waals surface area contributed by atoms with E-state index in [0.29, 0.717) is 23.4 Å². The van der Waals surface area contributed by atoms with Gasteiger partial charge in [0.1, 0.15) is 29.0 Å². The van der Waals surface area contributed by atoms with E-state index >= 15 is 0 Å². The number of hydrogen-bond acceptors (Lipinski definition) is 6. The van der Waals surface area contributed by atoms with Crippen LogP contribution < -0.4 is 15.0 Å². The van der Waals surface area contributed by atoms with Gasteiger partial charge in [0.25, 0.3) is 5.91 Å². The van der Waals surface area contributed by atoms with Gasteiger partial charge in [-0.1, -0.05) is 24.3 Å². The molecule has 1 heterocycles. The van der Waals surface area contributed by atoms with Crippen LogP contribution in [0.3, 0.4) is 0 Å². The van der Waals surface area contributed by atoms with Crippen LogP contribution in [0.2, 0.25) is 0 Å². The van der Waals surface area contributed by atoms with Gasteiger partial charge in [0.2, 0.25) is 5.91 Å². The molecule has 0 bridgehead atoms. The average Bonchev–Trinajstić information content (AvgIpc) is 2.95. The molecule has 3 unspecified atom stereocenters. The van der Waals surface area contributed by atoms with E-state index in [1.54, 1.807) is 49.9 Å². The molecular formula is C33H36F2N2O6. The molecule has 3 aromatic carbocycles. The van der Waals surface area contributed by atoms with Crippen LogP contribution >= 0.6 is 0 Å². The zero-order valence-electron chi connectivity index (χ0n) is 24.6. The second-order valence-electron chi connectivity index (χ2n) is 11.6. The van der Waals surface area contributed by atoms with Crippen LogP contribution in [0.25, 0.3) is 0 Å². The summed E-state index contributed by atoms with van der Waals surface area (Å²) in [6, 6.07) is 16.9. The molecule has 2 N–H and O–H groups in total. The van der Waals surface area contributed by atoms with Gasteiger partial charge in [-0.3, -0.25) is 9.59 Å². The van der Waals surface area contributed by atoms with Gasteiger partial charge in [-0.15, -0.1) is 0 Å². The van der Waals surface area contributed by atoms with Crippen LogP contribution in [0.5, 0.6) is 5.75 Å². The predicted octanol–water partition coefficient (Wildman–Crippen LogP) is 5.41. The smallest absolute Gasteiger partial charge is 0.328 e. The van der Waals surface area contributed by atoms with Gasteiger partial charge in [0.15, 0.2) is 6.61 Å². The molecule has 1 fully saturated rings. The zero-order valence-corrected chi connectivity index (χ0v) is 24.6. The average molecular weight is 595 g/mol. The molecule has 43 heavy (non-hydrogen) atoms. The topological polar surface area (TPSA) is 105 Å². The Balaban J connectivity index is 1.42. The predicted molar refractivity (Wildman–Crippen MR) is 156 cm³/mol. The van der Waals surface area contributed by atoms with Crippen LogP contribution in [0, 0.1) is 17.6 Å². The summed E-state index contributed by atoms with van der Waals surface area (Å²) in [5, 5.41) is 13.2. The third-order valence-electron chi connectivity index (χ3n) is 7.05. The van der Waals surface area contributed by atoms with Gasteiger partial charge in [-0.05, 0) is 100 Å². The lowest BCUT2D eigenvalue weighted by Gasteiger charge is -2.48. The minimum atomic E-state index is -0.867. The van der Waals surface area contributed by atoms with Crippen molar-refractivity contribution in [3.8, 4) is 5.75 Å². The Morgan fingerprint density at radius 3 is 2.12 bits per heavy atom. The number of aliphatic hydroxyl groups is 1. The van der Waals surface area contributed by atoms with E-state index in [2.05, 4.69) is 5.32 Å². The maximum absolute atomic E-state index is 13.6. The van der Waals surface area contributed by atoms with E-state index in [0.717, 1.165) is 5.56 Å². The van der Waals surface area contributed by atoms with Crippen LogP contribution in [-0.4, -0.2) is 41.1 Å². The Morgan fingerprint density at radius 2 is 1.53 bits per heavy atom. The number of nitrogens with zero attached hydrogens (tertiary/aromatic N) is 1. The fourth-order valence-electron chi connectivity index (χ4n) is 4.93. The normalized spacial score (nSPS) is 17.9. The number of hydrogen-bond donors (Lipinski definition) is 2. The Morgan fingerprint density at radius 1 is 0.953 bits per heavy atom. The van der Waals surface area contributed by atoms with Crippen LogP contribution in [0.4, 0.5) is 14.5 Å². The number of benzene rings is 3. The Hall–Kier alpha value is -4.31. The van der Waals surface area contributed by atoms with Crippen molar-refractivity contribution >= 4 is 23.5 Å². The first-order chi connectivity index (χ1) is 20.3. The molecule has 0 spiro atoms. The number of anilines is 1. The molecule has 2 amide bonds. The first-order valence-corrected chi connectivity index (χ1v) is 14.1. The van der Waals surface area contributed by atoms with E-state index in [4.69, 9.17) is 9.47 Å². The number of β-lactam (4-membered cyclic amide) rings is 1. The van der Waals surface area contributed by atoms with Crippen LogP contribution in [-0.2, 0) is 19.1 Å². The van der Waals surface area contributed by atoms with Crippen molar-refractivity contribution in [2.24, 2.45) is 5.92 Å². The molecule has 0 aromatic heterocycles. The molecule has 0 saturated carbocycles. The van der Waals surface area contributed by atoms with Gasteiger partial charge < -0.3 is 24.8 Å². The lowest BCUT2D eigenvalue weighted by molar-refractivity contribution is -0.158. The first kappa shape index (κ1) is 31.6. The summed E-state index contributed by atoms with van der Waals surface area (Å²) in [6.45, 7) is 6.43. The lowest BCUT2D eigenvalue weighted by atomic mass is 9.78. The zero-order chi connectivity index (χ0) is 31.3. The lowest BCUT2D eigenvalue weighted by Crippen LogP contribution is -2.55. The second-order valence-corrected chi connectivity index (χ2v) is 11.6. The highest BCUT2D eigenvalue weighted by Gasteiger charge is 2.48. The van der Waals surface area contributed by atoms with Crippen molar-refractivity contribution in [3.05, 3.63) is 95.6 Å². The number of amides is 2. The standard InChI is InChI=1S/C33H36F2N2O6/c1-20(32(41)43-33(2,3)4)36-29(39)19-42-26-15-7-22(8-16-26)30-27(17-18-28(38)21-5-9-23(34)10-6-21)31(40)37(30)25-13-11-24(35)12-14-25/h5-16,20,27-28,30,38H,17-19H2,1-4H3,(H,36,39)/t20-,27?,28?,30?/m0/s1.